The SMILES string of the molecule is O=[P+]([O-])OP(=O)([O-])[O-].[Na+].[Na+].[Na+]. The molecule has 0 amide bonds. The van der Waals surface area contributed by atoms with Crippen LogP contribution in [0.2, 0.25) is 0 Å². The third-order valence-electron chi connectivity index (χ3n) is 0.167. The van der Waals surface area contributed by atoms with Crippen molar-refractivity contribution in [3.63, 3.8) is 0 Å². The zero-order valence-electron chi connectivity index (χ0n) is 6.34. The number of hydrogen-bond donors (Lipinski definition) is 0. The molecule has 0 N–H and O–H groups in total. The fraction of sp³-hybridized carbons (Fsp3) is 0. The molecular formula is Na3O6P2+. The summed E-state index contributed by atoms with van der Waals surface area (Å²) in [6.45, 7) is 0. The van der Waals surface area contributed by atoms with Gasteiger partial charge in [0, 0.05) is 0 Å². The molecule has 0 saturated carbocycles. The van der Waals surface area contributed by atoms with Gasteiger partial charge < -0.3 is 19.2 Å². The molecule has 0 rings (SSSR count). The van der Waals surface area contributed by atoms with Crippen LogP contribution in [0.15, 0.2) is 0 Å². The second-order valence-electron chi connectivity index (χ2n) is 0.752. The fourth-order valence-corrected chi connectivity index (χ4v) is 0.735. The Morgan fingerprint density at radius 2 is 1.45 bits per heavy atom. The van der Waals surface area contributed by atoms with Crippen LogP contribution in [0.3, 0.4) is 0 Å². The van der Waals surface area contributed by atoms with Crippen molar-refractivity contribution in [2.24, 2.45) is 0 Å². The van der Waals surface area contributed by atoms with Crippen LogP contribution in [0, 0.1) is 0 Å². The van der Waals surface area contributed by atoms with E-state index in [9.17, 15) is 23.8 Å². The molecule has 0 aliphatic carbocycles. The van der Waals surface area contributed by atoms with E-state index < -0.39 is 16.1 Å². The Labute approximate surface area is 131 Å². The van der Waals surface area contributed by atoms with E-state index in [1.54, 1.807) is 0 Å². The van der Waals surface area contributed by atoms with Gasteiger partial charge in [-0.25, -0.2) is 0 Å². The van der Waals surface area contributed by atoms with Crippen molar-refractivity contribution in [3.8, 4) is 0 Å². The van der Waals surface area contributed by atoms with Crippen molar-refractivity contribution in [1.82, 2.24) is 0 Å². The summed E-state index contributed by atoms with van der Waals surface area (Å²) in [5, 5.41) is 0. The van der Waals surface area contributed by atoms with Crippen LogP contribution < -0.4 is 103 Å². The minimum atomic E-state index is -5.32. The number of phosphoric acid groups is 1. The summed E-state index contributed by atoms with van der Waals surface area (Å²) in [6, 6.07) is 0. The van der Waals surface area contributed by atoms with Gasteiger partial charge in [-0.2, -0.15) is 0 Å². The minimum absolute atomic E-state index is 0. The molecule has 48 valence electrons. The Kier molecular flexibility index (Phi) is 24.3. The first-order chi connectivity index (χ1) is 3.42. The Morgan fingerprint density at radius 3 is 1.45 bits per heavy atom. The van der Waals surface area contributed by atoms with Crippen LogP contribution in [0.1, 0.15) is 0 Å². The largest absolute Gasteiger partial charge is 1.00 e. The smallest absolute Gasteiger partial charge is 0.786 e. The molecule has 11 heteroatoms. The third-order valence-corrected chi connectivity index (χ3v) is 1.50. The molecule has 1 atom stereocenters. The first kappa shape index (κ1) is 23.8. The molecule has 6 nitrogen and oxygen atoms in total. The fourth-order valence-electron chi connectivity index (χ4n) is 0.0816. The van der Waals surface area contributed by atoms with Gasteiger partial charge in [0.2, 0.25) is 0 Å². The minimum Gasteiger partial charge on any atom is -0.786 e. The molecule has 0 aromatic carbocycles. The Morgan fingerprint density at radius 1 is 1.18 bits per heavy atom. The molecule has 0 bridgehead atoms. The van der Waals surface area contributed by atoms with Crippen molar-refractivity contribution in [2.75, 3.05) is 0 Å². The number of hydrogen-bond acceptors (Lipinski definition) is 6. The second kappa shape index (κ2) is 11.2. The first-order valence-corrected chi connectivity index (χ1v) is 3.83. The molecule has 0 aliphatic heterocycles. The van der Waals surface area contributed by atoms with Crippen LogP contribution in [0.4, 0.5) is 0 Å². The normalized spacial score (nSPS) is 9.91. The molecule has 0 spiro atoms. The van der Waals surface area contributed by atoms with E-state index in [-0.39, 0.29) is 88.7 Å². The summed E-state index contributed by atoms with van der Waals surface area (Å²) in [4.78, 5) is 27.9. The van der Waals surface area contributed by atoms with Gasteiger partial charge in [-0.15, -0.1) is 4.31 Å². The Bertz CT molecular complexity index is 139. The topological polar surface area (TPSA) is 113 Å². The Balaban J connectivity index is -0.0000000817. The van der Waals surface area contributed by atoms with Crippen molar-refractivity contribution in [2.45, 2.75) is 0 Å². The third kappa shape index (κ3) is 24.6. The molecule has 0 heterocycles. The van der Waals surface area contributed by atoms with Gasteiger partial charge in [-0.3, -0.25) is 0 Å². The summed E-state index contributed by atoms with van der Waals surface area (Å²) in [7, 11) is -8.89. The van der Waals surface area contributed by atoms with E-state index in [1.165, 1.54) is 0 Å². The molecule has 0 aromatic heterocycles. The van der Waals surface area contributed by atoms with Crippen molar-refractivity contribution in [1.29, 1.82) is 0 Å². The monoisotopic (exact) mass is 227 g/mol. The summed E-state index contributed by atoms with van der Waals surface area (Å²) in [5.41, 5.74) is 0. The molecule has 0 aromatic rings. The molecule has 1 unspecified atom stereocenters. The summed E-state index contributed by atoms with van der Waals surface area (Å²) in [5.74, 6) is 0. The van der Waals surface area contributed by atoms with E-state index in [2.05, 4.69) is 4.31 Å². The molecule has 0 saturated heterocycles. The molecule has 0 radical (unpaired) electrons. The first-order valence-electron chi connectivity index (χ1n) is 1.28. The van der Waals surface area contributed by atoms with Gasteiger partial charge in [-0.1, -0.05) is 0 Å². The van der Waals surface area contributed by atoms with E-state index in [0.717, 1.165) is 0 Å². The second-order valence-corrected chi connectivity index (χ2v) is 2.75. The maximum absolute atomic E-state index is 9.31. The summed E-state index contributed by atoms with van der Waals surface area (Å²) >= 11 is 0. The molecular weight excluding hydrogens is 227 g/mol. The summed E-state index contributed by atoms with van der Waals surface area (Å²) in [6.07, 6.45) is 0. The molecule has 0 aliphatic rings. The van der Waals surface area contributed by atoms with Crippen LogP contribution in [0.5, 0.6) is 0 Å². The van der Waals surface area contributed by atoms with Crippen LogP contribution >= 0.6 is 16.1 Å². The van der Waals surface area contributed by atoms with Crippen molar-refractivity contribution >= 4 is 16.1 Å². The molecule has 0 fully saturated rings. The van der Waals surface area contributed by atoms with Crippen molar-refractivity contribution < 1.29 is 117 Å². The summed E-state index contributed by atoms with van der Waals surface area (Å²) < 4.78 is 21.4. The van der Waals surface area contributed by atoms with E-state index in [0.29, 0.717) is 0 Å². The zero-order valence-corrected chi connectivity index (χ0v) is 14.1. The van der Waals surface area contributed by atoms with Crippen molar-refractivity contribution in [3.05, 3.63) is 0 Å². The van der Waals surface area contributed by atoms with Crippen LogP contribution in [-0.2, 0) is 13.4 Å². The average Bonchev–Trinajstić information content (AvgIpc) is 1.21. The van der Waals surface area contributed by atoms with Gasteiger partial charge in [-0.05, 0) is 4.57 Å². The average molecular weight is 227 g/mol. The van der Waals surface area contributed by atoms with Gasteiger partial charge in [0.1, 0.15) is 7.82 Å². The van der Waals surface area contributed by atoms with E-state index in [1.807, 2.05) is 0 Å². The number of rotatable bonds is 2. The quantitative estimate of drug-likeness (QED) is 0.342. The zero-order chi connectivity index (χ0) is 6.78. The molecule has 11 heavy (non-hydrogen) atoms. The standard InChI is InChI=1S/3Na.H2O6P2/c;;;1-7(2)6-8(3,4)5/h;;;(H2,3,4,5)/q3*+1;/p-2. The van der Waals surface area contributed by atoms with Crippen LogP contribution in [0.25, 0.3) is 0 Å². The van der Waals surface area contributed by atoms with Gasteiger partial charge in [0.25, 0.3) is 0 Å². The maximum Gasteiger partial charge on any atom is 1.00 e. The van der Waals surface area contributed by atoms with Gasteiger partial charge in [0.05, 0.1) is 0 Å². The predicted molar refractivity (Wildman–Crippen MR) is 16.3 cm³/mol. The predicted octanol–water partition coefficient (Wildman–Crippen LogP) is -11.1. The van der Waals surface area contributed by atoms with Gasteiger partial charge >= 0.3 is 96.9 Å². The van der Waals surface area contributed by atoms with E-state index >= 15 is 0 Å². The Hall–Kier alpha value is 3.17. The van der Waals surface area contributed by atoms with E-state index in [4.69, 9.17) is 0 Å². The maximum atomic E-state index is 9.31. The van der Waals surface area contributed by atoms with Gasteiger partial charge in [0.15, 0.2) is 0 Å². The van der Waals surface area contributed by atoms with Crippen LogP contribution in [-0.4, -0.2) is 0 Å².